The first-order valence-corrected chi connectivity index (χ1v) is 6.22. The first-order valence-electron chi connectivity index (χ1n) is 5.84. The van der Waals surface area contributed by atoms with Gasteiger partial charge in [0.2, 0.25) is 5.91 Å². The number of hydrogen-bond donors (Lipinski definition) is 1. The molecule has 2 rings (SSSR count). The number of pyridine rings is 1. The molecular formula is C12H14ClN3O2. The van der Waals surface area contributed by atoms with Gasteiger partial charge < -0.3 is 10.2 Å². The number of amides is 2. The van der Waals surface area contributed by atoms with Gasteiger partial charge in [-0.15, -0.1) is 0 Å². The zero-order valence-corrected chi connectivity index (χ0v) is 10.8. The van der Waals surface area contributed by atoms with Crippen LogP contribution in [0.1, 0.15) is 23.7 Å². The van der Waals surface area contributed by atoms with Crippen molar-refractivity contribution in [1.82, 2.24) is 15.2 Å². The van der Waals surface area contributed by atoms with Gasteiger partial charge in [-0.1, -0.05) is 18.5 Å². The molecule has 1 aliphatic heterocycles. The zero-order valence-electron chi connectivity index (χ0n) is 10.0. The van der Waals surface area contributed by atoms with E-state index in [9.17, 15) is 9.59 Å². The van der Waals surface area contributed by atoms with Crippen LogP contribution in [0.5, 0.6) is 0 Å². The van der Waals surface area contributed by atoms with Gasteiger partial charge in [0, 0.05) is 19.3 Å². The van der Waals surface area contributed by atoms with Crippen molar-refractivity contribution in [2.24, 2.45) is 0 Å². The van der Waals surface area contributed by atoms with Crippen LogP contribution in [0.3, 0.4) is 0 Å². The Bertz CT molecular complexity index is 478. The van der Waals surface area contributed by atoms with Gasteiger partial charge in [0.05, 0.1) is 5.56 Å². The molecule has 96 valence electrons. The van der Waals surface area contributed by atoms with Gasteiger partial charge in [0.25, 0.3) is 5.91 Å². The fourth-order valence-corrected chi connectivity index (χ4v) is 2.26. The minimum Gasteiger partial charge on any atom is -0.353 e. The summed E-state index contributed by atoms with van der Waals surface area (Å²) in [5.41, 5.74) is 0.340. The smallest absolute Gasteiger partial charge is 0.257 e. The molecule has 5 nitrogen and oxygen atoms in total. The number of piperazine rings is 1. The van der Waals surface area contributed by atoms with Crippen molar-refractivity contribution in [3.63, 3.8) is 0 Å². The highest BCUT2D eigenvalue weighted by Gasteiger charge is 2.32. The zero-order chi connectivity index (χ0) is 13.1. The van der Waals surface area contributed by atoms with Crippen molar-refractivity contribution in [3.8, 4) is 0 Å². The molecule has 1 aliphatic rings. The topological polar surface area (TPSA) is 62.3 Å². The van der Waals surface area contributed by atoms with E-state index >= 15 is 0 Å². The van der Waals surface area contributed by atoms with Crippen molar-refractivity contribution in [2.45, 2.75) is 19.4 Å². The lowest BCUT2D eigenvalue weighted by molar-refractivity contribution is -0.127. The summed E-state index contributed by atoms with van der Waals surface area (Å²) in [6.07, 6.45) is 2.11. The molecule has 0 spiro atoms. The first kappa shape index (κ1) is 12.8. The van der Waals surface area contributed by atoms with Crippen LogP contribution in [0.15, 0.2) is 18.3 Å². The van der Waals surface area contributed by atoms with Crippen molar-refractivity contribution in [2.75, 3.05) is 13.1 Å². The Morgan fingerprint density at radius 2 is 2.44 bits per heavy atom. The summed E-state index contributed by atoms with van der Waals surface area (Å²) in [5, 5.41) is 2.92. The number of nitrogens with zero attached hydrogens (tertiary/aromatic N) is 2. The number of hydrogen-bond acceptors (Lipinski definition) is 3. The molecule has 0 saturated carbocycles. The van der Waals surface area contributed by atoms with Gasteiger partial charge in [-0.3, -0.25) is 9.59 Å². The van der Waals surface area contributed by atoms with Crippen molar-refractivity contribution < 1.29 is 9.59 Å². The first-order chi connectivity index (χ1) is 8.65. The number of carbonyl (C=O) groups excluding carboxylic acids is 2. The van der Waals surface area contributed by atoms with Crippen molar-refractivity contribution in [1.29, 1.82) is 0 Å². The van der Waals surface area contributed by atoms with Gasteiger partial charge in [-0.25, -0.2) is 4.98 Å². The van der Waals surface area contributed by atoms with Gasteiger partial charge >= 0.3 is 0 Å². The molecule has 0 radical (unpaired) electrons. The van der Waals surface area contributed by atoms with Crippen LogP contribution in [-0.4, -0.2) is 40.8 Å². The van der Waals surface area contributed by atoms with E-state index in [4.69, 9.17) is 11.6 Å². The lowest BCUT2D eigenvalue weighted by Gasteiger charge is -2.34. The lowest BCUT2D eigenvalue weighted by atomic mass is 10.1. The Kier molecular flexibility index (Phi) is 3.81. The average molecular weight is 268 g/mol. The summed E-state index contributed by atoms with van der Waals surface area (Å²) in [6.45, 7) is 2.84. The molecule has 1 aromatic rings. The Hall–Kier alpha value is -1.62. The Labute approximate surface area is 110 Å². The van der Waals surface area contributed by atoms with Crippen molar-refractivity contribution >= 4 is 23.4 Å². The molecule has 0 bridgehead atoms. The second kappa shape index (κ2) is 5.35. The second-order valence-electron chi connectivity index (χ2n) is 4.06. The fourth-order valence-electron chi connectivity index (χ4n) is 2.06. The molecule has 1 atom stereocenters. The number of carbonyl (C=O) groups is 2. The highest BCUT2D eigenvalue weighted by Crippen LogP contribution is 2.18. The normalized spacial score (nSPS) is 19.6. The lowest BCUT2D eigenvalue weighted by Crippen LogP contribution is -2.56. The number of rotatable bonds is 2. The molecule has 2 amide bonds. The SMILES string of the molecule is CCC1C(=O)NCCN1C(=O)c1cccnc1Cl. The predicted octanol–water partition coefficient (Wildman–Crippen LogP) is 1.09. The van der Waals surface area contributed by atoms with E-state index in [0.717, 1.165) is 0 Å². The third kappa shape index (κ3) is 2.31. The van der Waals surface area contributed by atoms with Crippen LogP contribution in [-0.2, 0) is 4.79 Å². The summed E-state index contributed by atoms with van der Waals surface area (Å²) in [6, 6.07) is 2.85. The molecule has 0 aromatic carbocycles. The summed E-state index contributed by atoms with van der Waals surface area (Å²) < 4.78 is 0. The highest BCUT2D eigenvalue weighted by molar-refractivity contribution is 6.32. The van der Waals surface area contributed by atoms with Crippen LogP contribution in [0.2, 0.25) is 5.15 Å². The monoisotopic (exact) mass is 267 g/mol. The van der Waals surface area contributed by atoms with E-state index in [1.54, 1.807) is 17.0 Å². The second-order valence-corrected chi connectivity index (χ2v) is 4.41. The Morgan fingerprint density at radius 3 is 3.11 bits per heavy atom. The third-order valence-corrected chi connectivity index (χ3v) is 3.27. The molecule has 1 N–H and O–H groups in total. The molecular weight excluding hydrogens is 254 g/mol. The van der Waals surface area contributed by atoms with E-state index in [1.807, 2.05) is 6.92 Å². The van der Waals surface area contributed by atoms with E-state index in [1.165, 1.54) is 6.20 Å². The van der Waals surface area contributed by atoms with Crippen LogP contribution in [0.25, 0.3) is 0 Å². The maximum absolute atomic E-state index is 12.4. The number of aromatic nitrogens is 1. The summed E-state index contributed by atoms with van der Waals surface area (Å²) in [7, 11) is 0. The molecule has 1 saturated heterocycles. The standard InChI is InChI=1S/C12H14ClN3O2/c1-2-9-11(17)15-6-7-16(9)12(18)8-4-3-5-14-10(8)13/h3-5,9H,2,6-7H2,1H3,(H,15,17). The maximum atomic E-state index is 12.4. The molecule has 1 aromatic heterocycles. The van der Waals surface area contributed by atoms with Gasteiger partial charge in [-0.2, -0.15) is 0 Å². The quantitative estimate of drug-likeness (QED) is 0.816. The summed E-state index contributed by atoms with van der Waals surface area (Å²) >= 11 is 5.91. The largest absolute Gasteiger partial charge is 0.353 e. The molecule has 0 aliphatic carbocycles. The van der Waals surface area contributed by atoms with E-state index < -0.39 is 6.04 Å². The van der Waals surface area contributed by atoms with Gasteiger partial charge in [0.15, 0.2) is 0 Å². The van der Waals surface area contributed by atoms with Gasteiger partial charge in [-0.05, 0) is 18.6 Å². The predicted molar refractivity (Wildman–Crippen MR) is 67.4 cm³/mol. The number of halogens is 1. The van der Waals surface area contributed by atoms with Crippen LogP contribution in [0.4, 0.5) is 0 Å². The van der Waals surface area contributed by atoms with Crippen LogP contribution < -0.4 is 5.32 Å². The fraction of sp³-hybridized carbons (Fsp3) is 0.417. The molecule has 6 heteroatoms. The number of nitrogens with one attached hydrogen (secondary N) is 1. The van der Waals surface area contributed by atoms with Crippen LogP contribution >= 0.6 is 11.6 Å². The van der Waals surface area contributed by atoms with E-state index in [-0.39, 0.29) is 17.0 Å². The van der Waals surface area contributed by atoms with Gasteiger partial charge in [0.1, 0.15) is 11.2 Å². The van der Waals surface area contributed by atoms with Crippen molar-refractivity contribution in [3.05, 3.63) is 29.0 Å². The van der Waals surface area contributed by atoms with E-state index in [2.05, 4.69) is 10.3 Å². The minimum atomic E-state index is -0.428. The Morgan fingerprint density at radius 1 is 1.67 bits per heavy atom. The Balaban J connectivity index is 2.27. The molecule has 2 heterocycles. The molecule has 18 heavy (non-hydrogen) atoms. The molecule has 1 unspecified atom stereocenters. The molecule has 1 fully saturated rings. The highest BCUT2D eigenvalue weighted by atomic mass is 35.5. The van der Waals surface area contributed by atoms with E-state index in [0.29, 0.717) is 25.1 Å². The summed E-state index contributed by atoms with van der Waals surface area (Å²) in [5.74, 6) is -0.355. The minimum absolute atomic E-state index is 0.114. The van der Waals surface area contributed by atoms with Crippen LogP contribution in [0, 0.1) is 0 Å². The maximum Gasteiger partial charge on any atom is 0.257 e. The third-order valence-electron chi connectivity index (χ3n) is 2.97. The summed E-state index contributed by atoms with van der Waals surface area (Å²) in [4.78, 5) is 29.5. The average Bonchev–Trinajstić information content (AvgIpc) is 2.38.